The summed E-state index contributed by atoms with van der Waals surface area (Å²) >= 11 is 0. The van der Waals surface area contributed by atoms with Crippen LogP contribution < -0.4 is 16.2 Å². The molecule has 1 amide bonds. The molecule has 2 saturated heterocycles. The van der Waals surface area contributed by atoms with Crippen molar-refractivity contribution in [3.63, 3.8) is 0 Å². The number of amides is 1. The summed E-state index contributed by atoms with van der Waals surface area (Å²) in [7, 11) is 0. The Hall–Kier alpha value is -4.95. The van der Waals surface area contributed by atoms with Gasteiger partial charge in [-0.3, -0.25) is 13.9 Å². The van der Waals surface area contributed by atoms with E-state index in [1.807, 2.05) is 43.3 Å². The third-order valence-electron chi connectivity index (χ3n) is 7.28. The molecule has 0 spiro atoms. The molecule has 2 aliphatic heterocycles. The number of para-hydroxylation sites is 1. The number of imidazole rings is 1. The number of carbonyl (C=O) groups excluding carboxylic acids is 1. The minimum absolute atomic E-state index is 0.0885. The number of aromatic nitrogens is 4. The van der Waals surface area contributed by atoms with E-state index in [1.54, 1.807) is 39.8 Å². The SMILES string of the molecule is CC1(C=C(C#N)C(=O)N2CC[C@H](n3c(=O)n(-c4ccc(Oc5ccccc5)cc4)c4c(N)ncnc43)C2)COC1. The van der Waals surface area contributed by atoms with E-state index >= 15 is 0 Å². The third kappa shape index (κ3) is 4.48. The van der Waals surface area contributed by atoms with Gasteiger partial charge in [0, 0.05) is 18.5 Å². The summed E-state index contributed by atoms with van der Waals surface area (Å²) in [6, 6.07) is 18.2. The van der Waals surface area contributed by atoms with Gasteiger partial charge in [-0.15, -0.1) is 0 Å². The first kappa shape index (κ1) is 25.3. The van der Waals surface area contributed by atoms with Crippen LogP contribution in [-0.2, 0) is 9.53 Å². The van der Waals surface area contributed by atoms with Gasteiger partial charge in [0.25, 0.3) is 5.91 Å². The Morgan fingerprint density at radius 1 is 1.15 bits per heavy atom. The number of nitrogens with two attached hydrogens (primary N) is 1. The molecule has 6 rings (SSSR count). The van der Waals surface area contributed by atoms with E-state index < -0.39 is 0 Å². The number of anilines is 1. The van der Waals surface area contributed by atoms with Crippen LogP contribution in [0, 0.1) is 16.7 Å². The Balaban J connectivity index is 1.31. The standard InChI is InChI=1S/C29H27N7O4/c1-29(16-39-17-29)13-19(14-30)27(37)34-12-11-21(15-34)36-26-24(25(31)32-18-33-26)35(28(36)38)20-7-9-23(10-8-20)40-22-5-3-2-4-6-22/h2-10,13,18,21H,11-12,15-17H2,1H3,(H2,31,32,33)/t21-/m0/s1. The number of carbonyl (C=O) groups is 1. The first-order valence-corrected chi connectivity index (χ1v) is 12.9. The average molecular weight is 538 g/mol. The minimum atomic E-state index is -0.349. The van der Waals surface area contributed by atoms with E-state index in [0.29, 0.717) is 54.5 Å². The number of benzene rings is 2. The van der Waals surface area contributed by atoms with Gasteiger partial charge in [-0.2, -0.15) is 5.26 Å². The maximum Gasteiger partial charge on any atom is 0.335 e. The summed E-state index contributed by atoms with van der Waals surface area (Å²) < 4.78 is 14.2. The highest BCUT2D eigenvalue weighted by atomic mass is 16.5. The number of nitriles is 1. The summed E-state index contributed by atoms with van der Waals surface area (Å²) in [6.07, 6.45) is 3.55. The molecule has 0 unspecified atom stereocenters. The number of nitrogen functional groups attached to an aromatic ring is 1. The number of ether oxygens (including phenoxy) is 2. The van der Waals surface area contributed by atoms with Crippen LogP contribution in [0.25, 0.3) is 16.9 Å². The predicted octanol–water partition coefficient (Wildman–Crippen LogP) is 3.22. The third-order valence-corrected chi connectivity index (χ3v) is 7.28. The number of rotatable bonds is 6. The maximum atomic E-state index is 13.9. The fourth-order valence-electron chi connectivity index (χ4n) is 5.23. The first-order valence-electron chi connectivity index (χ1n) is 12.9. The minimum Gasteiger partial charge on any atom is -0.457 e. The molecule has 0 saturated carbocycles. The van der Waals surface area contributed by atoms with E-state index in [2.05, 4.69) is 9.97 Å². The second-order valence-electron chi connectivity index (χ2n) is 10.3. The van der Waals surface area contributed by atoms with Crippen molar-refractivity contribution in [3.8, 4) is 23.3 Å². The van der Waals surface area contributed by atoms with Gasteiger partial charge in [-0.25, -0.2) is 14.8 Å². The molecule has 1 atom stereocenters. The Kier molecular flexibility index (Phi) is 6.32. The van der Waals surface area contributed by atoms with Gasteiger partial charge < -0.3 is 20.1 Å². The lowest BCUT2D eigenvalue weighted by Crippen LogP contribution is -2.39. The summed E-state index contributed by atoms with van der Waals surface area (Å²) in [5.41, 5.74) is 7.04. The summed E-state index contributed by atoms with van der Waals surface area (Å²) in [6.45, 7) is 3.57. The summed E-state index contributed by atoms with van der Waals surface area (Å²) in [5.74, 6) is 1.14. The second kappa shape index (κ2) is 9.98. The largest absolute Gasteiger partial charge is 0.457 e. The Morgan fingerprint density at radius 3 is 2.55 bits per heavy atom. The molecule has 0 bridgehead atoms. The number of likely N-dealkylation sites (tertiary alicyclic amines) is 1. The van der Waals surface area contributed by atoms with Gasteiger partial charge >= 0.3 is 5.69 Å². The monoisotopic (exact) mass is 537 g/mol. The Labute approximate surface area is 229 Å². The van der Waals surface area contributed by atoms with Crippen molar-refractivity contribution in [3.05, 3.63) is 83.1 Å². The molecule has 40 heavy (non-hydrogen) atoms. The van der Waals surface area contributed by atoms with Crippen molar-refractivity contribution >= 4 is 22.9 Å². The van der Waals surface area contributed by atoms with E-state index in [0.717, 1.165) is 0 Å². The van der Waals surface area contributed by atoms with Crippen molar-refractivity contribution in [2.75, 3.05) is 32.0 Å². The van der Waals surface area contributed by atoms with Gasteiger partial charge in [-0.05, 0) is 42.8 Å². The van der Waals surface area contributed by atoms with Crippen molar-refractivity contribution in [2.24, 2.45) is 5.41 Å². The number of hydrogen-bond acceptors (Lipinski definition) is 8. The van der Waals surface area contributed by atoms with E-state index in [1.165, 1.54) is 10.9 Å². The van der Waals surface area contributed by atoms with Crippen molar-refractivity contribution in [1.29, 1.82) is 5.26 Å². The fraction of sp³-hybridized carbons (Fsp3) is 0.276. The van der Waals surface area contributed by atoms with Gasteiger partial charge in [0.2, 0.25) is 0 Å². The lowest BCUT2D eigenvalue weighted by Gasteiger charge is -2.35. The smallest absolute Gasteiger partial charge is 0.335 e. The molecule has 11 heteroatoms. The second-order valence-corrected chi connectivity index (χ2v) is 10.3. The quantitative estimate of drug-likeness (QED) is 0.292. The molecular weight excluding hydrogens is 510 g/mol. The normalized spacial score (nSPS) is 18.4. The van der Waals surface area contributed by atoms with Gasteiger partial charge in [0.1, 0.15) is 35.0 Å². The van der Waals surface area contributed by atoms with Gasteiger partial charge in [0.15, 0.2) is 11.5 Å². The van der Waals surface area contributed by atoms with Crippen LogP contribution in [-0.4, -0.2) is 56.2 Å². The molecule has 2 aliphatic rings. The van der Waals surface area contributed by atoms with Crippen molar-refractivity contribution < 1.29 is 14.3 Å². The molecule has 4 aromatic rings. The number of fused-ring (bicyclic) bond motifs is 1. The zero-order valence-electron chi connectivity index (χ0n) is 21.9. The van der Waals surface area contributed by atoms with Crippen LogP contribution >= 0.6 is 0 Å². The Morgan fingerprint density at radius 2 is 1.88 bits per heavy atom. The molecule has 11 nitrogen and oxygen atoms in total. The van der Waals surface area contributed by atoms with E-state index in [9.17, 15) is 14.9 Å². The highest BCUT2D eigenvalue weighted by Crippen LogP contribution is 2.32. The van der Waals surface area contributed by atoms with E-state index in [4.69, 9.17) is 15.2 Å². The molecule has 0 aliphatic carbocycles. The van der Waals surface area contributed by atoms with Crippen LogP contribution in [0.5, 0.6) is 11.5 Å². The zero-order valence-corrected chi connectivity index (χ0v) is 21.9. The molecule has 2 N–H and O–H groups in total. The summed E-state index contributed by atoms with van der Waals surface area (Å²) in [4.78, 5) is 37.2. The molecule has 0 radical (unpaired) electrons. The highest BCUT2D eigenvalue weighted by Gasteiger charge is 2.36. The highest BCUT2D eigenvalue weighted by molar-refractivity contribution is 5.97. The topological polar surface area (TPSA) is 141 Å². The van der Waals surface area contributed by atoms with Crippen LogP contribution in [0.1, 0.15) is 19.4 Å². The van der Waals surface area contributed by atoms with E-state index in [-0.39, 0.29) is 41.0 Å². The lowest BCUT2D eigenvalue weighted by atomic mass is 9.86. The van der Waals surface area contributed by atoms with Crippen molar-refractivity contribution in [2.45, 2.75) is 19.4 Å². The predicted molar refractivity (Wildman–Crippen MR) is 147 cm³/mol. The van der Waals surface area contributed by atoms with Crippen LogP contribution in [0.2, 0.25) is 0 Å². The lowest BCUT2D eigenvalue weighted by molar-refractivity contribution is -0.126. The van der Waals surface area contributed by atoms with Crippen LogP contribution in [0.4, 0.5) is 5.82 Å². The summed E-state index contributed by atoms with van der Waals surface area (Å²) in [5, 5.41) is 9.67. The average Bonchev–Trinajstić information content (AvgIpc) is 3.54. The molecule has 2 aromatic heterocycles. The first-order chi connectivity index (χ1) is 19.4. The number of nitrogens with zero attached hydrogens (tertiary/aromatic N) is 6. The molecule has 2 aromatic carbocycles. The molecule has 202 valence electrons. The molecular formula is C29H27N7O4. The molecule has 2 fully saturated rings. The maximum absolute atomic E-state index is 13.9. The Bertz CT molecular complexity index is 1710. The van der Waals surface area contributed by atoms with Gasteiger partial charge in [-0.1, -0.05) is 31.2 Å². The fourth-order valence-corrected chi connectivity index (χ4v) is 5.23. The molecule has 4 heterocycles. The number of hydrogen-bond donors (Lipinski definition) is 1. The van der Waals surface area contributed by atoms with Crippen LogP contribution in [0.3, 0.4) is 0 Å². The van der Waals surface area contributed by atoms with Crippen molar-refractivity contribution in [1.82, 2.24) is 24.0 Å². The van der Waals surface area contributed by atoms with Crippen LogP contribution in [0.15, 0.2) is 77.4 Å². The zero-order chi connectivity index (χ0) is 27.9. The van der Waals surface area contributed by atoms with Gasteiger partial charge in [0.05, 0.1) is 24.9 Å².